The molecule has 30 heavy (non-hydrogen) atoms. The van der Waals surface area contributed by atoms with Gasteiger partial charge in [0.05, 0.1) is 24.5 Å². The van der Waals surface area contributed by atoms with Crippen LogP contribution in [0.3, 0.4) is 0 Å². The molecule has 11 nitrogen and oxygen atoms in total. The van der Waals surface area contributed by atoms with Crippen LogP contribution in [0.5, 0.6) is 0 Å². The van der Waals surface area contributed by atoms with Gasteiger partial charge in [-0.2, -0.15) is 0 Å². The molecule has 11 heteroatoms. The number of rotatable bonds is 9. The Kier molecular flexibility index (Phi) is 7.93. The molecule has 2 heterocycles. The highest BCUT2D eigenvalue weighted by Crippen LogP contribution is 2.39. The predicted molar refractivity (Wildman–Crippen MR) is 104 cm³/mol. The van der Waals surface area contributed by atoms with Crippen LogP contribution in [-0.4, -0.2) is 51.8 Å². The van der Waals surface area contributed by atoms with Gasteiger partial charge in [-0.05, 0) is 6.42 Å². The molecule has 0 aliphatic carbocycles. The van der Waals surface area contributed by atoms with Gasteiger partial charge in [0.25, 0.3) is 5.56 Å². The van der Waals surface area contributed by atoms with Crippen molar-refractivity contribution in [3.05, 3.63) is 32.6 Å². The molecule has 166 valence electrons. The number of carboxylic acids is 1. The molecule has 1 unspecified atom stereocenters. The Morgan fingerprint density at radius 2 is 1.97 bits per heavy atom. The fraction of sp³-hybridized carbons (Fsp3) is 0.632. The lowest BCUT2D eigenvalue weighted by Gasteiger charge is -2.21. The summed E-state index contributed by atoms with van der Waals surface area (Å²) in [4.78, 5) is 61.1. The maximum absolute atomic E-state index is 12.5. The molecular formula is C19H27N3O8. The minimum Gasteiger partial charge on any atom is -0.481 e. The molecule has 0 saturated carbocycles. The Bertz CT molecular complexity index is 906. The first-order valence-electron chi connectivity index (χ1n) is 9.78. The van der Waals surface area contributed by atoms with Crippen molar-refractivity contribution in [1.82, 2.24) is 14.9 Å². The summed E-state index contributed by atoms with van der Waals surface area (Å²) in [5, 5.41) is 11.2. The van der Waals surface area contributed by atoms with Crippen LogP contribution >= 0.6 is 0 Å². The highest BCUT2D eigenvalue weighted by atomic mass is 16.6. The number of hydrogen-bond donors (Lipinski definition) is 3. The number of H-pyrrole nitrogens is 1. The maximum atomic E-state index is 12.5. The fourth-order valence-corrected chi connectivity index (χ4v) is 3.43. The van der Waals surface area contributed by atoms with E-state index in [-0.39, 0.29) is 49.3 Å². The van der Waals surface area contributed by atoms with Gasteiger partial charge in [-0.25, -0.2) is 4.79 Å². The monoisotopic (exact) mass is 425 g/mol. The van der Waals surface area contributed by atoms with Gasteiger partial charge >= 0.3 is 17.6 Å². The lowest BCUT2D eigenvalue weighted by atomic mass is 9.94. The number of aromatic nitrogens is 2. The van der Waals surface area contributed by atoms with Crippen molar-refractivity contribution in [3.63, 3.8) is 0 Å². The second kappa shape index (κ2) is 10.2. The quantitative estimate of drug-likeness (QED) is 0.464. The SMILES string of the molecule is CC[C@H]1O[C@@H](c2cn(CCC(=O)NC)c(=O)[nH]c2=O)[C@@H](OC(=O)CCC(=O)O)C1C. The molecule has 1 amide bonds. The number of carbonyl (C=O) groups is 3. The number of aryl methyl sites for hydroxylation is 1. The molecule has 2 rings (SSSR count). The third-order valence-corrected chi connectivity index (χ3v) is 5.14. The van der Waals surface area contributed by atoms with Crippen LogP contribution in [0.25, 0.3) is 0 Å². The van der Waals surface area contributed by atoms with Gasteiger partial charge in [0.1, 0.15) is 12.2 Å². The van der Waals surface area contributed by atoms with Gasteiger partial charge < -0.3 is 19.9 Å². The van der Waals surface area contributed by atoms with Crippen molar-refractivity contribution in [1.29, 1.82) is 0 Å². The van der Waals surface area contributed by atoms with Crippen molar-refractivity contribution in [2.24, 2.45) is 5.92 Å². The number of carbonyl (C=O) groups excluding carboxylic acids is 2. The highest BCUT2D eigenvalue weighted by molar-refractivity contribution is 5.76. The summed E-state index contributed by atoms with van der Waals surface area (Å²) in [6, 6.07) is 0. The van der Waals surface area contributed by atoms with Crippen molar-refractivity contribution < 1.29 is 29.0 Å². The summed E-state index contributed by atoms with van der Waals surface area (Å²) >= 11 is 0. The van der Waals surface area contributed by atoms with Gasteiger partial charge in [0.15, 0.2) is 0 Å². The first-order chi connectivity index (χ1) is 14.2. The van der Waals surface area contributed by atoms with E-state index < -0.39 is 35.4 Å². The lowest BCUT2D eigenvalue weighted by molar-refractivity contribution is -0.155. The average Bonchev–Trinajstić information content (AvgIpc) is 3.00. The number of nitrogens with zero attached hydrogens (tertiary/aromatic N) is 1. The minimum absolute atomic E-state index is 0.0367. The molecule has 1 fully saturated rings. The Balaban J connectivity index is 2.32. The molecule has 0 aromatic carbocycles. The summed E-state index contributed by atoms with van der Waals surface area (Å²) in [6.45, 7) is 3.76. The summed E-state index contributed by atoms with van der Waals surface area (Å²) in [6.07, 6.45) is -0.742. The van der Waals surface area contributed by atoms with E-state index in [0.29, 0.717) is 6.42 Å². The van der Waals surface area contributed by atoms with Crippen LogP contribution in [0.4, 0.5) is 0 Å². The van der Waals surface area contributed by atoms with E-state index in [1.165, 1.54) is 17.8 Å². The number of hydrogen-bond acceptors (Lipinski definition) is 7. The molecule has 1 aromatic heterocycles. The fourth-order valence-electron chi connectivity index (χ4n) is 3.43. The van der Waals surface area contributed by atoms with E-state index in [1.807, 2.05) is 13.8 Å². The summed E-state index contributed by atoms with van der Waals surface area (Å²) in [7, 11) is 1.48. The van der Waals surface area contributed by atoms with E-state index in [2.05, 4.69) is 10.3 Å². The molecule has 0 radical (unpaired) electrons. The molecule has 1 aliphatic heterocycles. The first-order valence-corrected chi connectivity index (χ1v) is 9.78. The van der Waals surface area contributed by atoms with Gasteiger partial charge in [0, 0.05) is 32.1 Å². The summed E-state index contributed by atoms with van der Waals surface area (Å²) < 4.78 is 12.6. The van der Waals surface area contributed by atoms with E-state index in [9.17, 15) is 24.0 Å². The summed E-state index contributed by atoms with van der Waals surface area (Å²) in [5.74, 6) is -2.34. The molecule has 1 aromatic rings. The third kappa shape index (κ3) is 5.56. The number of ether oxygens (including phenoxy) is 2. The van der Waals surface area contributed by atoms with Gasteiger partial charge in [-0.15, -0.1) is 0 Å². The average molecular weight is 425 g/mol. The van der Waals surface area contributed by atoms with Crippen molar-refractivity contribution in [3.8, 4) is 0 Å². The van der Waals surface area contributed by atoms with E-state index in [4.69, 9.17) is 14.6 Å². The van der Waals surface area contributed by atoms with Crippen LogP contribution in [0.15, 0.2) is 15.8 Å². The van der Waals surface area contributed by atoms with Crippen LogP contribution in [0.2, 0.25) is 0 Å². The molecule has 0 bridgehead atoms. The third-order valence-electron chi connectivity index (χ3n) is 5.14. The van der Waals surface area contributed by atoms with Gasteiger partial charge in [-0.3, -0.25) is 28.7 Å². The standard InChI is InChI=1S/C19H27N3O8/c1-4-12-10(2)16(30-15(26)6-5-14(24)25)17(29-12)11-9-22(8-7-13(23)20-3)19(28)21-18(11)27/h9-10,12,16-17H,4-8H2,1-3H3,(H,20,23)(H,24,25)(H,21,27,28)/t10?,12-,16+,17+/m1/s1. The molecule has 0 spiro atoms. The Morgan fingerprint density at radius 3 is 2.57 bits per heavy atom. The predicted octanol–water partition coefficient (Wildman–Crippen LogP) is -0.0647. The largest absolute Gasteiger partial charge is 0.481 e. The molecule has 1 aliphatic rings. The van der Waals surface area contributed by atoms with Crippen LogP contribution in [0, 0.1) is 5.92 Å². The van der Waals surface area contributed by atoms with Crippen LogP contribution in [0.1, 0.15) is 51.2 Å². The Morgan fingerprint density at radius 1 is 1.27 bits per heavy atom. The zero-order chi connectivity index (χ0) is 22.4. The lowest BCUT2D eigenvalue weighted by Crippen LogP contribution is -2.36. The highest BCUT2D eigenvalue weighted by Gasteiger charge is 2.45. The Hall–Kier alpha value is -2.95. The second-order valence-corrected chi connectivity index (χ2v) is 7.17. The smallest absolute Gasteiger partial charge is 0.328 e. The normalized spacial score (nSPS) is 23.2. The maximum Gasteiger partial charge on any atom is 0.328 e. The van der Waals surface area contributed by atoms with Crippen LogP contribution in [-0.2, 0) is 30.4 Å². The molecule has 3 N–H and O–H groups in total. The van der Waals surface area contributed by atoms with Crippen molar-refractivity contribution >= 4 is 17.8 Å². The summed E-state index contributed by atoms with van der Waals surface area (Å²) in [5.41, 5.74) is -1.23. The van der Waals surface area contributed by atoms with Crippen molar-refractivity contribution in [2.45, 2.75) is 64.4 Å². The second-order valence-electron chi connectivity index (χ2n) is 7.17. The Labute approximate surface area is 172 Å². The van der Waals surface area contributed by atoms with Crippen LogP contribution < -0.4 is 16.6 Å². The number of aromatic amines is 1. The number of nitrogens with one attached hydrogen (secondary N) is 2. The number of esters is 1. The number of amides is 1. The molecule has 1 saturated heterocycles. The topological polar surface area (TPSA) is 157 Å². The zero-order valence-corrected chi connectivity index (χ0v) is 17.2. The zero-order valence-electron chi connectivity index (χ0n) is 17.2. The van der Waals surface area contributed by atoms with Crippen molar-refractivity contribution in [2.75, 3.05) is 7.05 Å². The number of aliphatic carboxylic acids is 1. The van der Waals surface area contributed by atoms with E-state index in [0.717, 1.165) is 0 Å². The minimum atomic E-state index is -1.12. The van der Waals surface area contributed by atoms with E-state index >= 15 is 0 Å². The van der Waals surface area contributed by atoms with E-state index in [1.54, 1.807) is 0 Å². The first kappa shape index (κ1) is 23.3. The van der Waals surface area contributed by atoms with Gasteiger partial charge in [0.2, 0.25) is 5.91 Å². The number of carboxylic acid groups (broad SMARTS) is 1. The molecule has 4 atom stereocenters. The molecular weight excluding hydrogens is 398 g/mol. The van der Waals surface area contributed by atoms with Gasteiger partial charge in [-0.1, -0.05) is 13.8 Å².